The van der Waals surface area contributed by atoms with E-state index in [1.54, 1.807) is 0 Å². The van der Waals surface area contributed by atoms with Gasteiger partial charge in [0.15, 0.2) is 0 Å². The molecule has 0 aliphatic carbocycles. The first-order chi connectivity index (χ1) is 9.56. The van der Waals surface area contributed by atoms with E-state index in [-0.39, 0.29) is 12.3 Å². The summed E-state index contributed by atoms with van der Waals surface area (Å²) >= 11 is 0. The molecule has 0 aliphatic heterocycles. The molecule has 6 nitrogen and oxygen atoms in total. The molecule has 0 fully saturated rings. The number of nitrogens with zero attached hydrogens (tertiary/aromatic N) is 1. The molecule has 0 bridgehead atoms. The fourth-order valence-corrected chi connectivity index (χ4v) is 2.01. The van der Waals surface area contributed by atoms with E-state index in [1.807, 2.05) is 18.2 Å². The van der Waals surface area contributed by atoms with Gasteiger partial charge in [-0.15, -0.1) is 5.10 Å². The van der Waals surface area contributed by atoms with Gasteiger partial charge in [-0.1, -0.05) is 32.0 Å². The molecule has 1 unspecified atom stereocenters. The Hall–Kier alpha value is -2.08. The molecule has 0 spiro atoms. The zero-order valence-electron chi connectivity index (χ0n) is 11.6. The molecule has 0 amide bonds. The van der Waals surface area contributed by atoms with E-state index in [0.717, 1.165) is 5.69 Å². The predicted molar refractivity (Wildman–Crippen MR) is 75.9 cm³/mol. The molecule has 0 aliphatic rings. The molecule has 0 radical (unpaired) electrons. The van der Waals surface area contributed by atoms with E-state index in [1.165, 1.54) is 5.56 Å². The second kappa shape index (κ2) is 6.38. The number of aromatic amines is 1. The highest BCUT2D eigenvalue weighted by atomic mass is 16.4. The Morgan fingerprint density at radius 2 is 2.15 bits per heavy atom. The van der Waals surface area contributed by atoms with Gasteiger partial charge in [-0.05, 0) is 17.5 Å². The number of para-hydroxylation sites is 1. The average molecular weight is 277 g/mol. The van der Waals surface area contributed by atoms with Crippen LogP contribution in [0.4, 0.5) is 5.69 Å². The highest BCUT2D eigenvalue weighted by Crippen LogP contribution is 2.23. The fourth-order valence-electron chi connectivity index (χ4n) is 2.01. The lowest BCUT2D eigenvalue weighted by Gasteiger charge is -2.16. The number of aliphatic hydroxyl groups excluding tert-OH is 1. The van der Waals surface area contributed by atoms with Crippen molar-refractivity contribution >= 4 is 5.69 Å². The second-order valence-corrected chi connectivity index (χ2v) is 4.99. The quantitative estimate of drug-likeness (QED) is 0.744. The summed E-state index contributed by atoms with van der Waals surface area (Å²) in [7, 11) is 0. The summed E-state index contributed by atoms with van der Waals surface area (Å²) in [5.41, 5.74) is 2.20. The van der Waals surface area contributed by atoms with Crippen LogP contribution >= 0.6 is 0 Å². The van der Waals surface area contributed by atoms with Gasteiger partial charge in [-0.25, -0.2) is 9.89 Å². The Balaban J connectivity index is 1.93. The Bertz CT molecular complexity index is 603. The van der Waals surface area contributed by atoms with E-state index in [0.29, 0.717) is 12.5 Å². The molecule has 1 atom stereocenters. The van der Waals surface area contributed by atoms with Crippen LogP contribution in [-0.2, 0) is 6.42 Å². The number of hydrogen-bond acceptors (Lipinski definition) is 5. The summed E-state index contributed by atoms with van der Waals surface area (Å²) in [6.07, 6.45) is -0.489. The Morgan fingerprint density at radius 3 is 2.80 bits per heavy atom. The number of anilines is 1. The molecule has 0 saturated heterocycles. The van der Waals surface area contributed by atoms with Gasteiger partial charge in [0.1, 0.15) is 0 Å². The molecular weight excluding hydrogens is 258 g/mol. The van der Waals surface area contributed by atoms with Crippen molar-refractivity contribution in [1.82, 2.24) is 10.2 Å². The van der Waals surface area contributed by atoms with E-state index >= 15 is 0 Å². The van der Waals surface area contributed by atoms with Crippen LogP contribution in [-0.4, -0.2) is 28.0 Å². The first-order valence-electron chi connectivity index (χ1n) is 6.61. The third-order valence-corrected chi connectivity index (χ3v) is 3.00. The average Bonchev–Trinajstić information content (AvgIpc) is 2.82. The SMILES string of the molecule is CC(C)c1ccccc1NCC(O)Cc1n[nH]c(=O)o1. The van der Waals surface area contributed by atoms with Crippen molar-refractivity contribution in [2.45, 2.75) is 32.3 Å². The minimum Gasteiger partial charge on any atom is -0.392 e. The van der Waals surface area contributed by atoms with Gasteiger partial charge in [-0.3, -0.25) is 0 Å². The maximum atomic E-state index is 10.8. The maximum absolute atomic E-state index is 10.8. The highest BCUT2D eigenvalue weighted by Gasteiger charge is 2.12. The van der Waals surface area contributed by atoms with Gasteiger partial charge < -0.3 is 14.8 Å². The minimum absolute atomic E-state index is 0.190. The monoisotopic (exact) mass is 277 g/mol. The first kappa shape index (κ1) is 14.3. The number of H-pyrrole nitrogens is 1. The fraction of sp³-hybridized carbons (Fsp3) is 0.429. The van der Waals surface area contributed by atoms with Crippen molar-refractivity contribution in [2.24, 2.45) is 0 Å². The van der Waals surface area contributed by atoms with Gasteiger partial charge in [0, 0.05) is 12.2 Å². The number of nitrogens with one attached hydrogen (secondary N) is 2. The lowest BCUT2D eigenvalue weighted by Crippen LogP contribution is -2.22. The smallest absolute Gasteiger partial charge is 0.392 e. The van der Waals surface area contributed by atoms with Crippen LogP contribution in [0.25, 0.3) is 0 Å². The molecule has 2 aromatic rings. The Kier molecular flexibility index (Phi) is 4.57. The molecule has 20 heavy (non-hydrogen) atoms. The van der Waals surface area contributed by atoms with Crippen LogP contribution in [0.1, 0.15) is 31.2 Å². The summed E-state index contributed by atoms with van der Waals surface area (Å²) in [6.45, 7) is 4.60. The molecule has 2 rings (SSSR count). The van der Waals surface area contributed by atoms with Gasteiger partial charge in [0.25, 0.3) is 0 Å². The van der Waals surface area contributed by atoms with E-state index in [2.05, 4.69) is 35.4 Å². The van der Waals surface area contributed by atoms with Crippen LogP contribution in [0, 0.1) is 0 Å². The number of aliphatic hydroxyl groups is 1. The standard InChI is InChI=1S/C14H19N3O3/c1-9(2)11-5-3-4-6-12(11)15-8-10(18)7-13-16-17-14(19)20-13/h3-6,9-10,15,18H,7-8H2,1-2H3,(H,17,19). The van der Waals surface area contributed by atoms with Crippen LogP contribution in [0.5, 0.6) is 0 Å². The van der Waals surface area contributed by atoms with E-state index in [9.17, 15) is 9.90 Å². The summed E-state index contributed by atoms with van der Waals surface area (Å²) in [5, 5.41) is 19.0. The molecule has 3 N–H and O–H groups in total. The summed E-state index contributed by atoms with van der Waals surface area (Å²) in [4.78, 5) is 10.8. The lowest BCUT2D eigenvalue weighted by atomic mass is 10.0. The van der Waals surface area contributed by atoms with Gasteiger partial charge in [0.05, 0.1) is 12.5 Å². The minimum atomic E-state index is -0.679. The zero-order chi connectivity index (χ0) is 14.5. The van der Waals surface area contributed by atoms with Gasteiger partial charge >= 0.3 is 5.76 Å². The van der Waals surface area contributed by atoms with Crippen LogP contribution in [0.3, 0.4) is 0 Å². The first-order valence-corrected chi connectivity index (χ1v) is 6.61. The molecule has 6 heteroatoms. The summed E-state index contributed by atoms with van der Waals surface area (Å²) in [5.74, 6) is 0.00645. The topological polar surface area (TPSA) is 91.1 Å². The number of rotatable bonds is 6. The summed E-state index contributed by atoms with van der Waals surface area (Å²) in [6, 6.07) is 7.99. The molecule has 108 valence electrons. The Labute approximate surface area is 116 Å². The summed E-state index contributed by atoms with van der Waals surface area (Å²) < 4.78 is 4.76. The van der Waals surface area contributed by atoms with Crippen molar-refractivity contribution in [2.75, 3.05) is 11.9 Å². The molecule has 0 saturated carbocycles. The third-order valence-electron chi connectivity index (χ3n) is 3.00. The molecule has 1 aromatic heterocycles. The van der Waals surface area contributed by atoms with Crippen molar-refractivity contribution in [3.8, 4) is 0 Å². The van der Waals surface area contributed by atoms with Crippen molar-refractivity contribution < 1.29 is 9.52 Å². The number of benzene rings is 1. The van der Waals surface area contributed by atoms with Crippen molar-refractivity contribution in [1.29, 1.82) is 0 Å². The zero-order valence-corrected chi connectivity index (χ0v) is 11.6. The van der Waals surface area contributed by atoms with Crippen LogP contribution < -0.4 is 11.1 Å². The van der Waals surface area contributed by atoms with E-state index in [4.69, 9.17) is 4.42 Å². The van der Waals surface area contributed by atoms with Crippen LogP contribution in [0.15, 0.2) is 33.5 Å². The second-order valence-electron chi connectivity index (χ2n) is 4.99. The molecule has 1 aromatic carbocycles. The predicted octanol–water partition coefficient (Wildman–Crippen LogP) is 1.50. The normalized spacial score (nSPS) is 12.6. The highest BCUT2D eigenvalue weighted by molar-refractivity contribution is 5.52. The maximum Gasteiger partial charge on any atom is 0.434 e. The van der Waals surface area contributed by atoms with Crippen molar-refractivity contribution in [3.63, 3.8) is 0 Å². The lowest BCUT2D eigenvalue weighted by molar-refractivity contribution is 0.177. The van der Waals surface area contributed by atoms with Crippen molar-refractivity contribution in [3.05, 3.63) is 46.3 Å². The molecular formula is C14H19N3O3. The number of aromatic nitrogens is 2. The molecule has 1 heterocycles. The van der Waals surface area contributed by atoms with Gasteiger partial charge in [-0.2, -0.15) is 0 Å². The van der Waals surface area contributed by atoms with Crippen LogP contribution in [0.2, 0.25) is 0 Å². The Morgan fingerprint density at radius 1 is 1.40 bits per heavy atom. The third kappa shape index (κ3) is 3.71. The van der Waals surface area contributed by atoms with Gasteiger partial charge in [0.2, 0.25) is 5.89 Å². The largest absolute Gasteiger partial charge is 0.434 e. The number of hydrogen-bond donors (Lipinski definition) is 3. The van der Waals surface area contributed by atoms with E-state index < -0.39 is 11.9 Å².